The van der Waals surface area contributed by atoms with Gasteiger partial charge in [0.1, 0.15) is 18.5 Å². The number of likely N-dealkylation sites (tertiary alicyclic amines) is 1. The summed E-state index contributed by atoms with van der Waals surface area (Å²) in [6.45, 7) is 2.90. The van der Waals surface area contributed by atoms with E-state index in [2.05, 4.69) is 10.00 Å². The summed E-state index contributed by atoms with van der Waals surface area (Å²) in [5.41, 5.74) is 0. The number of β-amino-alcohol motifs (C(OH)–C–C–N with tert-alkyl or cyclic N) is 1. The minimum Gasteiger partial charge on any atom is -0.491 e. The number of hydrogen-bond acceptors (Lipinski definition) is 4. The van der Waals surface area contributed by atoms with E-state index in [0.29, 0.717) is 19.2 Å². The molecule has 1 aliphatic heterocycles. The molecule has 0 radical (unpaired) electrons. The van der Waals surface area contributed by atoms with Crippen LogP contribution in [-0.4, -0.2) is 51.6 Å². The normalized spacial score (nSPS) is 20.1. The van der Waals surface area contributed by atoms with E-state index in [0.717, 1.165) is 25.3 Å². The van der Waals surface area contributed by atoms with E-state index in [9.17, 15) is 5.11 Å². The quantitative estimate of drug-likeness (QED) is 0.847. The average Bonchev–Trinajstić information content (AvgIpc) is 3.20. The van der Waals surface area contributed by atoms with Crippen LogP contribution in [0.2, 0.25) is 0 Å². The van der Waals surface area contributed by atoms with Crippen molar-refractivity contribution < 1.29 is 9.84 Å². The van der Waals surface area contributed by atoms with Crippen LogP contribution in [0.15, 0.2) is 48.8 Å². The standard InChI is InChI=1S/C17H23N3O2/c21-16(14-22-17-7-2-1-3-8-17)13-19-10-4-6-15(19)12-20-11-5-9-18-20/h1-3,5,7-9,11,15-16,21H,4,6,10,12-14H2/t15-,16-/m0/s1. The van der Waals surface area contributed by atoms with Gasteiger partial charge in [-0.25, -0.2) is 0 Å². The summed E-state index contributed by atoms with van der Waals surface area (Å²) in [5.74, 6) is 0.802. The predicted molar refractivity (Wildman–Crippen MR) is 84.8 cm³/mol. The van der Waals surface area contributed by atoms with Gasteiger partial charge < -0.3 is 9.84 Å². The van der Waals surface area contributed by atoms with Crippen LogP contribution >= 0.6 is 0 Å². The fourth-order valence-corrected chi connectivity index (χ4v) is 3.00. The highest BCUT2D eigenvalue weighted by molar-refractivity contribution is 5.20. The van der Waals surface area contributed by atoms with Crippen LogP contribution in [0.5, 0.6) is 5.75 Å². The number of para-hydroxylation sites is 1. The van der Waals surface area contributed by atoms with Gasteiger partial charge in [-0.15, -0.1) is 0 Å². The molecular weight excluding hydrogens is 278 g/mol. The lowest BCUT2D eigenvalue weighted by Crippen LogP contribution is -2.40. The summed E-state index contributed by atoms with van der Waals surface area (Å²) < 4.78 is 7.59. The Balaban J connectivity index is 1.46. The number of aliphatic hydroxyl groups is 1. The van der Waals surface area contributed by atoms with Gasteiger partial charge in [0, 0.05) is 25.0 Å². The summed E-state index contributed by atoms with van der Waals surface area (Å²) >= 11 is 0. The Morgan fingerprint density at radius 3 is 2.91 bits per heavy atom. The largest absolute Gasteiger partial charge is 0.491 e. The second-order valence-electron chi connectivity index (χ2n) is 5.80. The Morgan fingerprint density at radius 1 is 1.27 bits per heavy atom. The van der Waals surface area contributed by atoms with Crippen LogP contribution in [0.3, 0.4) is 0 Å². The molecule has 1 saturated heterocycles. The summed E-state index contributed by atoms with van der Waals surface area (Å²) in [6, 6.07) is 12.0. The van der Waals surface area contributed by atoms with E-state index < -0.39 is 6.10 Å². The molecule has 5 nitrogen and oxygen atoms in total. The van der Waals surface area contributed by atoms with E-state index in [4.69, 9.17) is 4.74 Å². The van der Waals surface area contributed by atoms with E-state index >= 15 is 0 Å². The lowest BCUT2D eigenvalue weighted by atomic mass is 10.2. The number of ether oxygens (including phenoxy) is 1. The number of aromatic nitrogens is 2. The summed E-state index contributed by atoms with van der Waals surface area (Å²) in [5, 5.41) is 14.5. The maximum absolute atomic E-state index is 10.2. The van der Waals surface area contributed by atoms with Crippen LogP contribution in [0, 0.1) is 0 Å². The molecule has 0 unspecified atom stereocenters. The van der Waals surface area contributed by atoms with Gasteiger partial charge in [-0.3, -0.25) is 9.58 Å². The first-order chi connectivity index (χ1) is 10.8. The Kier molecular flexibility index (Phi) is 5.08. The molecule has 1 aromatic heterocycles. The number of aliphatic hydroxyl groups excluding tert-OH is 1. The number of benzene rings is 1. The van der Waals surface area contributed by atoms with E-state index in [1.165, 1.54) is 6.42 Å². The highest BCUT2D eigenvalue weighted by Crippen LogP contribution is 2.19. The molecule has 0 spiro atoms. The Labute approximate surface area is 131 Å². The fraction of sp³-hybridized carbons (Fsp3) is 0.471. The molecule has 3 rings (SSSR count). The smallest absolute Gasteiger partial charge is 0.119 e. The van der Waals surface area contributed by atoms with Gasteiger partial charge in [0.05, 0.1) is 6.54 Å². The van der Waals surface area contributed by atoms with Crippen LogP contribution in [0.1, 0.15) is 12.8 Å². The van der Waals surface area contributed by atoms with E-state index in [-0.39, 0.29) is 0 Å². The predicted octanol–water partition coefficient (Wildman–Crippen LogP) is 1.79. The molecule has 2 atom stereocenters. The number of nitrogens with zero attached hydrogens (tertiary/aromatic N) is 3. The highest BCUT2D eigenvalue weighted by atomic mass is 16.5. The molecule has 118 valence electrons. The molecule has 22 heavy (non-hydrogen) atoms. The molecular formula is C17H23N3O2. The number of rotatable bonds is 7. The molecule has 1 aromatic carbocycles. The van der Waals surface area contributed by atoms with Crippen molar-refractivity contribution in [3.63, 3.8) is 0 Å². The van der Waals surface area contributed by atoms with Crippen molar-refractivity contribution in [3.05, 3.63) is 48.8 Å². The second kappa shape index (κ2) is 7.42. The summed E-state index contributed by atoms with van der Waals surface area (Å²) in [7, 11) is 0. The minimum absolute atomic E-state index is 0.328. The molecule has 0 bridgehead atoms. The SMILES string of the molecule is O[C@H](COc1ccccc1)CN1CCC[C@H]1Cn1cccn1. The van der Waals surface area contributed by atoms with Crippen molar-refractivity contribution in [3.8, 4) is 5.75 Å². The maximum atomic E-state index is 10.2. The van der Waals surface area contributed by atoms with Crippen molar-refractivity contribution in [1.29, 1.82) is 0 Å². The topological polar surface area (TPSA) is 50.5 Å². The lowest BCUT2D eigenvalue weighted by Gasteiger charge is -2.26. The molecule has 0 saturated carbocycles. The lowest BCUT2D eigenvalue weighted by molar-refractivity contribution is 0.0609. The molecule has 2 heterocycles. The van der Waals surface area contributed by atoms with Gasteiger partial charge in [0.15, 0.2) is 0 Å². The van der Waals surface area contributed by atoms with Gasteiger partial charge in [0.25, 0.3) is 0 Å². The molecule has 5 heteroatoms. The van der Waals surface area contributed by atoms with Gasteiger partial charge in [0.2, 0.25) is 0 Å². The van der Waals surface area contributed by atoms with Gasteiger partial charge in [-0.1, -0.05) is 18.2 Å². The second-order valence-corrected chi connectivity index (χ2v) is 5.80. The zero-order valence-electron chi connectivity index (χ0n) is 12.7. The fourth-order valence-electron chi connectivity index (χ4n) is 3.00. The molecule has 1 fully saturated rings. The van der Waals surface area contributed by atoms with Gasteiger partial charge >= 0.3 is 0 Å². The molecule has 0 amide bonds. The molecule has 1 N–H and O–H groups in total. The van der Waals surface area contributed by atoms with Crippen molar-refractivity contribution in [2.45, 2.75) is 31.5 Å². The van der Waals surface area contributed by atoms with Gasteiger partial charge in [-0.2, -0.15) is 5.10 Å². The molecule has 1 aliphatic rings. The van der Waals surface area contributed by atoms with Crippen LogP contribution in [-0.2, 0) is 6.54 Å². The zero-order chi connectivity index (χ0) is 15.2. The maximum Gasteiger partial charge on any atom is 0.119 e. The van der Waals surface area contributed by atoms with Crippen molar-refractivity contribution >= 4 is 0 Å². The Morgan fingerprint density at radius 2 is 2.14 bits per heavy atom. The Bertz CT molecular complexity index is 544. The van der Waals surface area contributed by atoms with Crippen LogP contribution in [0.25, 0.3) is 0 Å². The summed E-state index contributed by atoms with van der Waals surface area (Å²) in [4.78, 5) is 2.35. The van der Waals surface area contributed by atoms with Crippen molar-refractivity contribution in [1.82, 2.24) is 14.7 Å². The molecule has 2 aromatic rings. The van der Waals surface area contributed by atoms with Crippen LogP contribution < -0.4 is 4.74 Å². The first-order valence-electron chi connectivity index (χ1n) is 7.88. The first-order valence-corrected chi connectivity index (χ1v) is 7.88. The van der Waals surface area contributed by atoms with E-state index in [1.807, 2.05) is 53.5 Å². The average molecular weight is 301 g/mol. The number of hydrogen-bond donors (Lipinski definition) is 1. The monoisotopic (exact) mass is 301 g/mol. The zero-order valence-corrected chi connectivity index (χ0v) is 12.7. The van der Waals surface area contributed by atoms with E-state index in [1.54, 1.807) is 0 Å². The third kappa shape index (κ3) is 4.08. The summed E-state index contributed by atoms with van der Waals surface area (Å²) in [6.07, 6.45) is 5.66. The van der Waals surface area contributed by atoms with Crippen molar-refractivity contribution in [2.24, 2.45) is 0 Å². The third-order valence-electron chi connectivity index (χ3n) is 4.09. The van der Waals surface area contributed by atoms with Crippen molar-refractivity contribution in [2.75, 3.05) is 19.7 Å². The molecule has 0 aliphatic carbocycles. The van der Waals surface area contributed by atoms with Crippen LogP contribution in [0.4, 0.5) is 0 Å². The highest BCUT2D eigenvalue weighted by Gasteiger charge is 2.26. The Hall–Kier alpha value is -1.85. The third-order valence-corrected chi connectivity index (χ3v) is 4.09. The first kappa shape index (κ1) is 15.1. The minimum atomic E-state index is -0.474. The van der Waals surface area contributed by atoms with Gasteiger partial charge in [-0.05, 0) is 37.6 Å².